The normalized spacial score (nSPS) is 29.4. The van der Waals surface area contributed by atoms with Gasteiger partial charge < -0.3 is 23.7 Å². The van der Waals surface area contributed by atoms with E-state index in [2.05, 4.69) is 0 Å². The molecule has 1 saturated heterocycles. The van der Waals surface area contributed by atoms with Crippen LogP contribution in [-0.4, -0.2) is 44.4 Å². The molecule has 148 valence electrons. The number of rotatable bonds is 7. The van der Waals surface area contributed by atoms with Crippen molar-refractivity contribution >= 4 is 0 Å². The molecule has 0 unspecified atom stereocenters. The Morgan fingerprint density at radius 3 is 2.07 bits per heavy atom. The van der Waals surface area contributed by atoms with E-state index in [1.807, 2.05) is 72.8 Å². The zero-order chi connectivity index (χ0) is 19.2. The summed E-state index contributed by atoms with van der Waals surface area (Å²) in [5, 5.41) is 0. The quantitative estimate of drug-likeness (QED) is 0.686. The van der Waals surface area contributed by atoms with Crippen molar-refractivity contribution in [2.24, 2.45) is 0 Å². The Labute approximate surface area is 165 Å². The smallest absolute Gasteiger partial charge is 0.186 e. The number of hydrogen-bond acceptors (Lipinski definition) is 5. The van der Waals surface area contributed by atoms with Gasteiger partial charge in [0.15, 0.2) is 6.29 Å². The number of ether oxygens (including phenoxy) is 5. The van der Waals surface area contributed by atoms with Gasteiger partial charge in [-0.1, -0.05) is 72.8 Å². The van der Waals surface area contributed by atoms with Gasteiger partial charge in [0, 0.05) is 7.11 Å². The minimum absolute atomic E-state index is 0.212. The highest BCUT2D eigenvalue weighted by Crippen LogP contribution is 2.32. The van der Waals surface area contributed by atoms with Crippen LogP contribution in [-0.2, 0) is 36.9 Å². The second-order valence-corrected chi connectivity index (χ2v) is 6.95. The summed E-state index contributed by atoms with van der Waals surface area (Å²) in [7, 11) is 1.63. The summed E-state index contributed by atoms with van der Waals surface area (Å²) in [5.74, 6) is 0. The lowest BCUT2D eigenvalue weighted by Gasteiger charge is -2.45. The van der Waals surface area contributed by atoms with Crippen LogP contribution < -0.4 is 0 Å². The van der Waals surface area contributed by atoms with Gasteiger partial charge in [-0.25, -0.2) is 0 Å². The molecule has 5 heteroatoms. The maximum atomic E-state index is 6.33. The largest absolute Gasteiger partial charge is 0.368 e. The Morgan fingerprint density at radius 2 is 1.46 bits per heavy atom. The molecular formula is C23H26O5. The van der Waals surface area contributed by atoms with Crippen LogP contribution in [0.5, 0.6) is 0 Å². The van der Waals surface area contributed by atoms with Crippen molar-refractivity contribution < 1.29 is 23.7 Å². The molecule has 1 fully saturated rings. The van der Waals surface area contributed by atoms with E-state index in [0.717, 1.165) is 11.1 Å². The monoisotopic (exact) mass is 382 g/mol. The maximum absolute atomic E-state index is 6.33. The molecule has 2 aliphatic heterocycles. The SMILES string of the molecule is CO[C@H]1O[C@@H]2C=CCO[C@H]2[C@H](OCc2ccccc2)[C@H]1OCc1ccccc1. The van der Waals surface area contributed by atoms with Crippen LogP contribution in [0, 0.1) is 0 Å². The van der Waals surface area contributed by atoms with Crippen LogP contribution in [0.4, 0.5) is 0 Å². The molecule has 0 saturated carbocycles. The molecule has 2 aromatic rings. The average Bonchev–Trinajstić information content (AvgIpc) is 2.77. The first-order chi connectivity index (χ1) is 13.8. The Bertz CT molecular complexity index is 748. The number of hydrogen-bond donors (Lipinski definition) is 0. The Morgan fingerprint density at radius 1 is 0.857 bits per heavy atom. The summed E-state index contributed by atoms with van der Waals surface area (Å²) in [5.41, 5.74) is 2.19. The predicted molar refractivity (Wildman–Crippen MR) is 105 cm³/mol. The van der Waals surface area contributed by atoms with Gasteiger partial charge in [-0.2, -0.15) is 0 Å². The molecule has 2 aliphatic rings. The van der Waals surface area contributed by atoms with Gasteiger partial charge in [-0.3, -0.25) is 0 Å². The summed E-state index contributed by atoms with van der Waals surface area (Å²) in [6.45, 7) is 1.47. The fourth-order valence-electron chi connectivity index (χ4n) is 3.63. The Hall–Kier alpha value is -2.02. The van der Waals surface area contributed by atoms with Crippen molar-refractivity contribution in [2.75, 3.05) is 13.7 Å². The van der Waals surface area contributed by atoms with Gasteiger partial charge in [0.2, 0.25) is 0 Å². The number of fused-ring (bicyclic) bond motifs is 1. The molecule has 0 radical (unpaired) electrons. The summed E-state index contributed by atoms with van der Waals surface area (Å²) < 4.78 is 30.2. The third kappa shape index (κ3) is 4.51. The van der Waals surface area contributed by atoms with Crippen molar-refractivity contribution in [2.45, 2.75) is 43.9 Å². The maximum Gasteiger partial charge on any atom is 0.186 e. The Kier molecular flexibility index (Phi) is 6.52. The van der Waals surface area contributed by atoms with Crippen LogP contribution in [0.3, 0.4) is 0 Å². The first-order valence-corrected chi connectivity index (χ1v) is 9.63. The van der Waals surface area contributed by atoms with Crippen molar-refractivity contribution in [3.05, 3.63) is 83.9 Å². The van der Waals surface area contributed by atoms with Gasteiger partial charge in [-0.15, -0.1) is 0 Å². The summed E-state index contributed by atoms with van der Waals surface area (Å²) in [6, 6.07) is 20.2. The molecule has 0 N–H and O–H groups in total. The van der Waals surface area contributed by atoms with E-state index in [-0.39, 0.29) is 18.3 Å². The predicted octanol–water partition coefficient (Wildman–Crippen LogP) is 3.48. The third-order valence-electron chi connectivity index (χ3n) is 5.04. The lowest BCUT2D eigenvalue weighted by atomic mass is 9.96. The van der Waals surface area contributed by atoms with E-state index in [4.69, 9.17) is 23.7 Å². The van der Waals surface area contributed by atoms with E-state index in [1.165, 1.54) is 0 Å². The highest BCUT2D eigenvalue weighted by Gasteiger charge is 2.48. The standard InChI is InChI=1S/C23H26O5/c1-24-23-22(27-16-18-11-6-3-7-12-18)21(20-19(28-23)13-8-14-25-20)26-15-17-9-4-2-5-10-17/h2-13,19-23H,14-16H2,1H3/t19-,20-,21+,22-,23+/m1/s1. The van der Waals surface area contributed by atoms with Gasteiger partial charge in [0.1, 0.15) is 24.4 Å². The zero-order valence-electron chi connectivity index (χ0n) is 16.0. The highest BCUT2D eigenvalue weighted by atomic mass is 16.7. The van der Waals surface area contributed by atoms with Gasteiger partial charge in [0.25, 0.3) is 0 Å². The molecule has 0 spiro atoms. The molecular weight excluding hydrogens is 356 g/mol. The zero-order valence-corrected chi connectivity index (χ0v) is 16.0. The van der Waals surface area contributed by atoms with E-state index in [1.54, 1.807) is 7.11 Å². The van der Waals surface area contributed by atoms with E-state index < -0.39 is 12.4 Å². The topological polar surface area (TPSA) is 46.2 Å². The summed E-state index contributed by atoms with van der Waals surface area (Å²) in [4.78, 5) is 0. The van der Waals surface area contributed by atoms with E-state index in [9.17, 15) is 0 Å². The van der Waals surface area contributed by atoms with Crippen LogP contribution in [0.1, 0.15) is 11.1 Å². The van der Waals surface area contributed by atoms with Gasteiger partial charge in [-0.05, 0) is 11.1 Å². The molecule has 28 heavy (non-hydrogen) atoms. The minimum atomic E-state index is -0.530. The molecule has 2 heterocycles. The van der Waals surface area contributed by atoms with Crippen LogP contribution in [0.2, 0.25) is 0 Å². The van der Waals surface area contributed by atoms with E-state index >= 15 is 0 Å². The average molecular weight is 382 g/mol. The second-order valence-electron chi connectivity index (χ2n) is 6.95. The fourth-order valence-corrected chi connectivity index (χ4v) is 3.63. The highest BCUT2D eigenvalue weighted by molar-refractivity contribution is 5.15. The number of benzene rings is 2. The van der Waals surface area contributed by atoms with Crippen LogP contribution >= 0.6 is 0 Å². The van der Waals surface area contributed by atoms with Crippen molar-refractivity contribution in [3.8, 4) is 0 Å². The van der Waals surface area contributed by atoms with Gasteiger partial charge in [0.05, 0.1) is 19.8 Å². The van der Waals surface area contributed by atoms with Crippen LogP contribution in [0.25, 0.3) is 0 Å². The Balaban J connectivity index is 1.52. The molecule has 0 aliphatic carbocycles. The number of methoxy groups -OCH3 is 1. The van der Waals surface area contributed by atoms with Crippen molar-refractivity contribution in [1.29, 1.82) is 0 Å². The first-order valence-electron chi connectivity index (χ1n) is 9.63. The molecule has 0 aromatic heterocycles. The molecule has 5 atom stereocenters. The van der Waals surface area contributed by atoms with Crippen molar-refractivity contribution in [1.82, 2.24) is 0 Å². The van der Waals surface area contributed by atoms with Crippen LogP contribution in [0.15, 0.2) is 72.8 Å². The summed E-state index contributed by atoms with van der Waals surface area (Å²) >= 11 is 0. The first kappa shape index (κ1) is 19.3. The molecule has 5 nitrogen and oxygen atoms in total. The van der Waals surface area contributed by atoms with Gasteiger partial charge >= 0.3 is 0 Å². The lowest BCUT2D eigenvalue weighted by molar-refractivity contribution is -0.309. The van der Waals surface area contributed by atoms with E-state index in [0.29, 0.717) is 19.8 Å². The molecule has 2 aromatic carbocycles. The molecule has 4 rings (SSSR count). The molecule has 0 bridgehead atoms. The second kappa shape index (κ2) is 9.45. The third-order valence-corrected chi connectivity index (χ3v) is 5.04. The molecule has 0 amide bonds. The summed E-state index contributed by atoms with van der Waals surface area (Å²) in [6.07, 6.45) is 2.30. The minimum Gasteiger partial charge on any atom is -0.368 e. The lowest BCUT2D eigenvalue weighted by Crippen LogP contribution is -2.60. The van der Waals surface area contributed by atoms with Crippen molar-refractivity contribution in [3.63, 3.8) is 0 Å². The fraction of sp³-hybridized carbons (Fsp3) is 0.391.